The highest BCUT2D eigenvalue weighted by atomic mass is 15.4. The fourth-order valence-electron chi connectivity index (χ4n) is 2.87. The third-order valence-corrected chi connectivity index (χ3v) is 4.27. The Kier molecular flexibility index (Phi) is 7.27. The summed E-state index contributed by atoms with van der Waals surface area (Å²) in [5.41, 5.74) is 10.3. The van der Waals surface area contributed by atoms with Gasteiger partial charge in [-0.2, -0.15) is 0 Å². The quantitative estimate of drug-likeness (QED) is 0.671. The number of unbranched alkanes of at least 4 members (excludes halogenated alkanes) is 5. The van der Waals surface area contributed by atoms with Crippen molar-refractivity contribution in [2.75, 3.05) is 6.54 Å². The van der Waals surface area contributed by atoms with E-state index >= 15 is 0 Å². The Balaban J connectivity index is 2.01. The fraction of sp³-hybridized carbons (Fsp3) is 0.579. The van der Waals surface area contributed by atoms with Crippen LogP contribution in [0.2, 0.25) is 0 Å². The van der Waals surface area contributed by atoms with Crippen molar-refractivity contribution in [1.82, 2.24) is 15.0 Å². The van der Waals surface area contributed by atoms with Crippen LogP contribution >= 0.6 is 0 Å². The molecule has 2 N–H and O–H groups in total. The topological polar surface area (TPSA) is 56.7 Å². The molecule has 4 nitrogen and oxygen atoms in total. The third-order valence-electron chi connectivity index (χ3n) is 4.27. The second-order valence-corrected chi connectivity index (χ2v) is 6.28. The van der Waals surface area contributed by atoms with E-state index in [1.54, 1.807) is 0 Å². The molecule has 2 rings (SSSR count). The number of rotatable bonds is 10. The molecule has 23 heavy (non-hydrogen) atoms. The van der Waals surface area contributed by atoms with Crippen LogP contribution in [0, 0.1) is 6.92 Å². The van der Waals surface area contributed by atoms with Crippen LogP contribution in [0.3, 0.4) is 0 Å². The maximum Gasteiger partial charge on any atom is 0.116 e. The highest BCUT2D eigenvalue weighted by Crippen LogP contribution is 2.22. The van der Waals surface area contributed by atoms with Crippen molar-refractivity contribution in [1.29, 1.82) is 0 Å². The minimum absolute atomic E-state index is 0.628. The molecular weight excluding hydrogens is 284 g/mol. The molecule has 0 unspecified atom stereocenters. The van der Waals surface area contributed by atoms with E-state index in [1.807, 2.05) is 0 Å². The van der Waals surface area contributed by atoms with Gasteiger partial charge in [0.1, 0.15) is 5.69 Å². The molecule has 1 heterocycles. The van der Waals surface area contributed by atoms with E-state index in [0.29, 0.717) is 6.54 Å². The summed E-state index contributed by atoms with van der Waals surface area (Å²) in [6, 6.07) is 8.48. The minimum Gasteiger partial charge on any atom is -0.330 e. The van der Waals surface area contributed by atoms with Gasteiger partial charge in [-0.25, -0.2) is 4.68 Å². The minimum atomic E-state index is 0.628. The standard InChI is InChI=1S/C19H30N4/c1-3-4-5-6-7-8-15-23-18(13-14-20)19(21-22-23)17-11-9-16(2)10-12-17/h9-12H,3-8,13-15,20H2,1-2H3. The molecule has 0 saturated carbocycles. The van der Waals surface area contributed by atoms with Crippen molar-refractivity contribution >= 4 is 0 Å². The number of nitrogens with two attached hydrogens (primary N) is 1. The summed E-state index contributed by atoms with van der Waals surface area (Å²) in [7, 11) is 0. The van der Waals surface area contributed by atoms with Gasteiger partial charge in [-0.05, 0) is 19.9 Å². The number of hydrogen-bond donors (Lipinski definition) is 1. The maximum atomic E-state index is 5.80. The molecule has 2 aromatic rings. The molecule has 0 saturated heterocycles. The first kappa shape index (κ1) is 17.7. The zero-order valence-electron chi connectivity index (χ0n) is 14.6. The van der Waals surface area contributed by atoms with E-state index < -0.39 is 0 Å². The Morgan fingerprint density at radius 1 is 1.00 bits per heavy atom. The molecule has 0 fully saturated rings. The summed E-state index contributed by atoms with van der Waals surface area (Å²) in [5.74, 6) is 0. The lowest BCUT2D eigenvalue weighted by atomic mass is 10.1. The van der Waals surface area contributed by atoms with Crippen LogP contribution < -0.4 is 5.73 Å². The van der Waals surface area contributed by atoms with E-state index in [2.05, 4.69) is 53.1 Å². The zero-order chi connectivity index (χ0) is 16.5. The first-order valence-electron chi connectivity index (χ1n) is 8.95. The van der Waals surface area contributed by atoms with Gasteiger partial charge in [0.15, 0.2) is 0 Å². The van der Waals surface area contributed by atoms with Crippen molar-refractivity contribution in [2.24, 2.45) is 5.73 Å². The van der Waals surface area contributed by atoms with Gasteiger partial charge >= 0.3 is 0 Å². The Morgan fingerprint density at radius 2 is 1.70 bits per heavy atom. The molecule has 0 atom stereocenters. The van der Waals surface area contributed by atoms with E-state index in [-0.39, 0.29) is 0 Å². The van der Waals surface area contributed by atoms with Gasteiger partial charge < -0.3 is 5.73 Å². The molecule has 0 spiro atoms. The normalized spacial score (nSPS) is 11.1. The van der Waals surface area contributed by atoms with Gasteiger partial charge in [-0.1, -0.05) is 74.1 Å². The molecule has 0 aliphatic carbocycles. The second kappa shape index (κ2) is 9.46. The summed E-state index contributed by atoms with van der Waals surface area (Å²) in [5, 5.41) is 8.80. The number of hydrogen-bond acceptors (Lipinski definition) is 3. The first-order valence-corrected chi connectivity index (χ1v) is 8.95. The molecule has 0 amide bonds. The Hall–Kier alpha value is -1.68. The summed E-state index contributed by atoms with van der Waals surface area (Å²) in [6.45, 7) is 5.92. The highest BCUT2D eigenvalue weighted by Gasteiger charge is 2.13. The Labute approximate surface area is 140 Å². The van der Waals surface area contributed by atoms with Crippen LogP contribution in [0.15, 0.2) is 24.3 Å². The maximum absolute atomic E-state index is 5.80. The monoisotopic (exact) mass is 314 g/mol. The number of aryl methyl sites for hydroxylation is 2. The molecule has 4 heteroatoms. The van der Waals surface area contributed by atoms with Crippen LogP contribution in [0.5, 0.6) is 0 Å². The van der Waals surface area contributed by atoms with Gasteiger partial charge in [0, 0.05) is 18.5 Å². The largest absolute Gasteiger partial charge is 0.330 e. The molecule has 0 bridgehead atoms. The van der Waals surface area contributed by atoms with Crippen LogP contribution in [-0.4, -0.2) is 21.5 Å². The average Bonchev–Trinajstić information content (AvgIpc) is 2.95. The summed E-state index contributed by atoms with van der Waals surface area (Å²) >= 11 is 0. The number of benzene rings is 1. The third kappa shape index (κ3) is 5.17. The Bertz CT molecular complexity index is 572. The fourth-order valence-corrected chi connectivity index (χ4v) is 2.87. The van der Waals surface area contributed by atoms with Crippen molar-refractivity contribution in [3.8, 4) is 11.3 Å². The highest BCUT2D eigenvalue weighted by molar-refractivity contribution is 5.61. The van der Waals surface area contributed by atoms with E-state index in [1.165, 1.54) is 43.4 Å². The molecule has 0 aliphatic rings. The van der Waals surface area contributed by atoms with Crippen LogP contribution in [0.25, 0.3) is 11.3 Å². The second-order valence-electron chi connectivity index (χ2n) is 6.28. The summed E-state index contributed by atoms with van der Waals surface area (Å²) < 4.78 is 2.06. The number of aromatic nitrogens is 3. The van der Waals surface area contributed by atoms with E-state index in [0.717, 1.165) is 30.6 Å². The summed E-state index contributed by atoms with van der Waals surface area (Å²) in [6.07, 6.45) is 8.56. The van der Waals surface area contributed by atoms with Crippen LogP contribution in [0.1, 0.15) is 56.7 Å². The Morgan fingerprint density at radius 3 is 2.39 bits per heavy atom. The lowest BCUT2D eigenvalue weighted by molar-refractivity contribution is 0.503. The lowest BCUT2D eigenvalue weighted by Crippen LogP contribution is -2.11. The molecular formula is C19H30N4. The first-order chi connectivity index (χ1) is 11.3. The summed E-state index contributed by atoms with van der Waals surface area (Å²) in [4.78, 5) is 0. The average molecular weight is 314 g/mol. The molecule has 0 radical (unpaired) electrons. The van der Waals surface area contributed by atoms with Gasteiger partial charge in [0.2, 0.25) is 0 Å². The SMILES string of the molecule is CCCCCCCCn1nnc(-c2ccc(C)cc2)c1CCN. The molecule has 0 aliphatic heterocycles. The van der Waals surface area contributed by atoms with Crippen molar-refractivity contribution in [3.05, 3.63) is 35.5 Å². The van der Waals surface area contributed by atoms with Crippen LogP contribution in [-0.2, 0) is 13.0 Å². The lowest BCUT2D eigenvalue weighted by Gasteiger charge is -2.07. The van der Waals surface area contributed by atoms with Gasteiger partial charge in [-0.15, -0.1) is 5.10 Å². The van der Waals surface area contributed by atoms with Crippen molar-refractivity contribution in [3.63, 3.8) is 0 Å². The molecule has 1 aromatic carbocycles. The predicted molar refractivity (Wildman–Crippen MR) is 96.3 cm³/mol. The molecule has 1 aromatic heterocycles. The van der Waals surface area contributed by atoms with Gasteiger partial charge in [0.05, 0.1) is 5.69 Å². The zero-order valence-corrected chi connectivity index (χ0v) is 14.6. The van der Waals surface area contributed by atoms with Gasteiger partial charge in [-0.3, -0.25) is 0 Å². The van der Waals surface area contributed by atoms with E-state index in [4.69, 9.17) is 5.73 Å². The van der Waals surface area contributed by atoms with Crippen molar-refractivity contribution < 1.29 is 0 Å². The van der Waals surface area contributed by atoms with E-state index in [9.17, 15) is 0 Å². The predicted octanol–water partition coefficient (Wildman–Crippen LogP) is 4.12. The molecule has 126 valence electrons. The number of nitrogens with zero attached hydrogens (tertiary/aromatic N) is 3. The van der Waals surface area contributed by atoms with Gasteiger partial charge in [0.25, 0.3) is 0 Å². The van der Waals surface area contributed by atoms with Crippen molar-refractivity contribution in [2.45, 2.75) is 65.3 Å². The van der Waals surface area contributed by atoms with Crippen LogP contribution in [0.4, 0.5) is 0 Å². The smallest absolute Gasteiger partial charge is 0.116 e.